The van der Waals surface area contributed by atoms with Crippen LogP contribution in [0.25, 0.3) is 5.57 Å². The fourth-order valence-electron chi connectivity index (χ4n) is 3.91. The maximum Gasteiger partial charge on any atom is 0.0457 e. The molecule has 118 valence electrons. The zero-order valence-electron chi connectivity index (χ0n) is 13.7. The Labute approximate surface area is 143 Å². The molecule has 2 aliphatic rings. The highest BCUT2D eigenvalue weighted by Gasteiger charge is 2.39. The second kappa shape index (κ2) is 6.72. The number of hydrogen-bond donors (Lipinski definition) is 0. The van der Waals surface area contributed by atoms with E-state index in [1.54, 1.807) is 0 Å². The van der Waals surface area contributed by atoms with E-state index in [0.717, 1.165) is 10.9 Å². The average Bonchev–Trinajstić information content (AvgIpc) is 2.56. The van der Waals surface area contributed by atoms with Gasteiger partial charge in [-0.05, 0) is 61.5 Å². The lowest BCUT2D eigenvalue weighted by Gasteiger charge is -2.48. The van der Waals surface area contributed by atoms with Crippen LogP contribution in [-0.4, -0.2) is 23.5 Å². The van der Waals surface area contributed by atoms with E-state index in [4.69, 9.17) is 0 Å². The molecule has 1 aromatic carbocycles. The Morgan fingerprint density at radius 1 is 1.05 bits per heavy atom. The van der Waals surface area contributed by atoms with E-state index < -0.39 is 0 Å². The van der Waals surface area contributed by atoms with Crippen LogP contribution in [0.5, 0.6) is 0 Å². The third-order valence-electron chi connectivity index (χ3n) is 5.32. The molecule has 0 radical (unpaired) electrons. The molecule has 0 amide bonds. The molecule has 0 aromatic heterocycles. The molecule has 22 heavy (non-hydrogen) atoms. The third-order valence-corrected chi connectivity index (χ3v) is 5.84. The maximum absolute atomic E-state index is 3.54. The van der Waals surface area contributed by atoms with Gasteiger partial charge in [-0.2, -0.15) is 0 Å². The first-order valence-electron chi connectivity index (χ1n) is 8.51. The van der Waals surface area contributed by atoms with Gasteiger partial charge in [-0.1, -0.05) is 66.6 Å². The van der Waals surface area contributed by atoms with Crippen LogP contribution in [0.2, 0.25) is 0 Å². The van der Waals surface area contributed by atoms with E-state index in [-0.39, 0.29) is 5.54 Å². The summed E-state index contributed by atoms with van der Waals surface area (Å²) in [5, 5.41) is 0. The van der Waals surface area contributed by atoms with Crippen LogP contribution in [0, 0.1) is 5.92 Å². The van der Waals surface area contributed by atoms with Crippen molar-refractivity contribution in [3.63, 3.8) is 0 Å². The summed E-state index contributed by atoms with van der Waals surface area (Å²) in [5.74, 6) is 0.626. The summed E-state index contributed by atoms with van der Waals surface area (Å²) < 4.78 is 1.15. The quantitative estimate of drug-likeness (QED) is 0.671. The van der Waals surface area contributed by atoms with E-state index in [1.807, 2.05) is 0 Å². The van der Waals surface area contributed by atoms with Crippen molar-refractivity contribution in [3.05, 3.63) is 52.5 Å². The maximum atomic E-state index is 3.54. The molecule has 1 heterocycles. The fourth-order valence-corrected chi connectivity index (χ4v) is 4.17. The normalized spacial score (nSPS) is 26.3. The Bertz CT molecular complexity index is 564. The van der Waals surface area contributed by atoms with Crippen LogP contribution in [0.3, 0.4) is 0 Å². The van der Waals surface area contributed by atoms with E-state index in [1.165, 1.54) is 43.5 Å². The number of nitrogens with zero attached hydrogens (tertiary/aromatic N) is 1. The van der Waals surface area contributed by atoms with Crippen molar-refractivity contribution in [3.8, 4) is 0 Å². The first-order chi connectivity index (χ1) is 10.6. The number of benzene rings is 1. The molecule has 0 N–H and O–H groups in total. The summed E-state index contributed by atoms with van der Waals surface area (Å²) in [6, 6.07) is 8.76. The molecule has 1 nitrogen and oxygen atoms in total. The standard InChI is InChI=1S/C20H26BrN/c1-16(2)20(22-13-4-3-5-14-22)12-6-7-18(15-20)17-8-10-19(21)11-9-17/h6-12,16H,3-5,13-15H2,1-2H3/t20-/m0/s1. The van der Waals surface area contributed by atoms with E-state index >= 15 is 0 Å². The van der Waals surface area contributed by atoms with E-state index in [0.29, 0.717) is 5.92 Å². The van der Waals surface area contributed by atoms with Gasteiger partial charge in [0, 0.05) is 10.0 Å². The van der Waals surface area contributed by atoms with E-state index in [9.17, 15) is 0 Å². The summed E-state index contributed by atoms with van der Waals surface area (Å²) in [5.41, 5.74) is 3.02. The number of rotatable bonds is 3. The smallest absolute Gasteiger partial charge is 0.0457 e. The van der Waals surface area contributed by atoms with Crippen molar-refractivity contribution in [2.45, 2.75) is 45.1 Å². The van der Waals surface area contributed by atoms with Crippen LogP contribution in [-0.2, 0) is 0 Å². The summed E-state index contributed by atoms with van der Waals surface area (Å²) in [7, 11) is 0. The highest BCUT2D eigenvalue weighted by molar-refractivity contribution is 9.10. The lowest BCUT2D eigenvalue weighted by Crippen LogP contribution is -2.53. The predicted octanol–water partition coefficient (Wildman–Crippen LogP) is 5.67. The fraction of sp³-hybridized carbons (Fsp3) is 0.500. The summed E-state index contributed by atoms with van der Waals surface area (Å²) in [4.78, 5) is 2.74. The summed E-state index contributed by atoms with van der Waals surface area (Å²) in [6.07, 6.45) is 12.3. The van der Waals surface area contributed by atoms with Crippen molar-refractivity contribution >= 4 is 21.5 Å². The van der Waals surface area contributed by atoms with Crippen molar-refractivity contribution in [2.75, 3.05) is 13.1 Å². The lowest BCUT2D eigenvalue weighted by molar-refractivity contribution is 0.0694. The van der Waals surface area contributed by atoms with Gasteiger partial charge in [0.05, 0.1) is 0 Å². The van der Waals surface area contributed by atoms with Crippen molar-refractivity contribution < 1.29 is 0 Å². The van der Waals surface area contributed by atoms with Gasteiger partial charge in [0.1, 0.15) is 0 Å². The zero-order chi connectivity index (χ0) is 15.6. The van der Waals surface area contributed by atoms with Gasteiger partial charge in [0.15, 0.2) is 0 Å². The number of likely N-dealkylation sites (tertiary alicyclic amines) is 1. The molecular formula is C20H26BrN. The van der Waals surface area contributed by atoms with Crippen molar-refractivity contribution in [1.82, 2.24) is 4.90 Å². The molecule has 0 spiro atoms. The monoisotopic (exact) mass is 359 g/mol. The van der Waals surface area contributed by atoms with Crippen molar-refractivity contribution in [2.24, 2.45) is 5.92 Å². The first kappa shape index (κ1) is 16.0. The minimum atomic E-state index is 0.192. The Morgan fingerprint density at radius 2 is 1.73 bits per heavy atom. The van der Waals surface area contributed by atoms with Gasteiger partial charge in [-0.3, -0.25) is 4.90 Å². The van der Waals surface area contributed by atoms with Gasteiger partial charge in [0.25, 0.3) is 0 Å². The molecule has 0 saturated carbocycles. The minimum Gasteiger partial charge on any atom is -0.294 e. The van der Waals surface area contributed by atoms with Gasteiger partial charge < -0.3 is 0 Å². The number of halogens is 1. The second-order valence-electron chi connectivity index (χ2n) is 6.93. The molecule has 1 atom stereocenters. The molecule has 0 unspecified atom stereocenters. The number of hydrogen-bond acceptors (Lipinski definition) is 1. The Kier molecular flexibility index (Phi) is 4.89. The van der Waals surface area contributed by atoms with Crippen LogP contribution >= 0.6 is 15.9 Å². The largest absolute Gasteiger partial charge is 0.294 e. The molecular weight excluding hydrogens is 334 g/mol. The molecule has 1 aliphatic heterocycles. The Hall–Kier alpha value is -0.860. The Balaban J connectivity index is 1.89. The minimum absolute atomic E-state index is 0.192. The first-order valence-corrected chi connectivity index (χ1v) is 9.30. The molecule has 1 aliphatic carbocycles. The predicted molar refractivity (Wildman–Crippen MR) is 98.9 cm³/mol. The molecule has 1 fully saturated rings. The second-order valence-corrected chi connectivity index (χ2v) is 7.84. The summed E-state index contributed by atoms with van der Waals surface area (Å²) in [6.45, 7) is 7.25. The topological polar surface area (TPSA) is 3.24 Å². The highest BCUT2D eigenvalue weighted by atomic mass is 79.9. The zero-order valence-corrected chi connectivity index (χ0v) is 15.3. The van der Waals surface area contributed by atoms with Crippen LogP contribution in [0.4, 0.5) is 0 Å². The number of allylic oxidation sites excluding steroid dienone is 2. The average molecular weight is 360 g/mol. The molecule has 2 heteroatoms. The van der Waals surface area contributed by atoms with Crippen molar-refractivity contribution in [1.29, 1.82) is 0 Å². The number of piperidine rings is 1. The summed E-state index contributed by atoms with van der Waals surface area (Å²) >= 11 is 3.54. The SMILES string of the molecule is CC(C)[C@]1(N2CCCCC2)C=CC=C(c2ccc(Br)cc2)C1. The van der Waals surface area contributed by atoms with Gasteiger partial charge in [-0.15, -0.1) is 0 Å². The molecule has 1 aromatic rings. The lowest BCUT2D eigenvalue weighted by atomic mass is 9.74. The van der Waals surface area contributed by atoms with Crippen LogP contribution in [0.15, 0.2) is 47.0 Å². The molecule has 3 rings (SSSR count). The van der Waals surface area contributed by atoms with Crippen LogP contribution in [0.1, 0.15) is 45.1 Å². The molecule has 0 bridgehead atoms. The Morgan fingerprint density at radius 3 is 2.36 bits per heavy atom. The van der Waals surface area contributed by atoms with Crippen LogP contribution < -0.4 is 0 Å². The highest BCUT2D eigenvalue weighted by Crippen LogP contribution is 2.40. The van der Waals surface area contributed by atoms with Gasteiger partial charge in [-0.25, -0.2) is 0 Å². The molecule has 1 saturated heterocycles. The van der Waals surface area contributed by atoms with Gasteiger partial charge in [0.2, 0.25) is 0 Å². The van der Waals surface area contributed by atoms with Gasteiger partial charge >= 0.3 is 0 Å². The third kappa shape index (κ3) is 3.09. The van der Waals surface area contributed by atoms with E-state index in [2.05, 4.69) is 77.2 Å².